The predicted octanol–water partition coefficient (Wildman–Crippen LogP) is 3.02. The highest BCUT2D eigenvalue weighted by Crippen LogP contribution is 2.21. The first-order valence-electron chi connectivity index (χ1n) is 10.2. The van der Waals surface area contributed by atoms with Crippen LogP contribution in [0.3, 0.4) is 0 Å². The number of pyridine rings is 3. The molecule has 1 aliphatic carbocycles. The fourth-order valence-electron chi connectivity index (χ4n) is 4.03. The average molecular weight is 402 g/mol. The minimum absolute atomic E-state index is 0.123. The third kappa shape index (κ3) is 3.24. The number of rotatable bonds is 4. The molecule has 8 heteroatoms. The molecule has 5 rings (SSSR count). The lowest BCUT2D eigenvalue weighted by Gasteiger charge is -2.13. The lowest BCUT2D eigenvalue weighted by atomic mass is 9.97. The largest absolute Gasteiger partial charge is 0.315 e. The van der Waals surface area contributed by atoms with Gasteiger partial charge in [-0.15, -0.1) is 5.10 Å². The molecule has 30 heavy (non-hydrogen) atoms. The number of H-pyrrole nitrogens is 1. The summed E-state index contributed by atoms with van der Waals surface area (Å²) in [5.41, 5.74) is 2.13. The number of nitrogens with zero attached hydrogens (tertiary/aromatic N) is 5. The van der Waals surface area contributed by atoms with E-state index < -0.39 is 0 Å². The fourth-order valence-corrected chi connectivity index (χ4v) is 4.03. The summed E-state index contributed by atoms with van der Waals surface area (Å²) in [4.78, 5) is 34.9. The van der Waals surface area contributed by atoms with Gasteiger partial charge in [-0.3, -0.25) is 14.7 Å². The molecule has 4 heterocycles. The fraction of sp³-hybridized carbons (Fsp3) is 0.318. The lowest BCUT2D eigenvalue weighted by molar-refractivity contribution is 0.616. The van der Waals surface area contributed by atoms with Gasteiger partial charge in [0.2, 0.25) is 0 Å². The van der Waals surface area contributed by atoms with Crippen molar-refractivity contribution in [2.45, 2.75) is 45.6 Å². The van der Waals surface area contributed by atoms with Gasteiger partial charge in [0.05, 0.1) is 21.8 Å². The molecule has 4 aromatic rings. The maximum atomic E-state index is 13.1. The minimum atomic E-state index is -0.303. The molecule has 0 saturated heterocycles. The zero-order valence-corrected chi connectivity index (χ0v) is 16.8. The first-order chi connectivity index (χ1) is 14.6. The number of hydrogen-bond donors (Lipinski definition) is 1. The van der Waals surface area contributed by atoms with Gasteiger partial charge in [0, 0.05) is 18.9 Å². The van der Waals surface area contributed by atoms with E-state index in [1.807, 2.05) is 6.07 Å². The number of aryl methyl sites for hydroxylation is 2. The second kappa shape index (κ2) is 7.37. The molecule has 0 unspecified atom stereocenters. The molecule has 0 saturated carbocycles. The van der Waals surface area contributed by atoms with Crippen molar-refractivity contribution in [2.24, 2.45) is 0 Å². The Bertz CT molecular complexity index is 1410. The maximum absolute atomic E-state index is 13.1. The molecule has 0 spiro atoms. The molecule has 0 bridgehead atoms. The van der Waals surface area contributed by atoms with Crippen LogP contribution in [0.25, 0.3) is 27.8 Å². The number of nitrogens with one attached hydrogen (secondary N) is 1. The van der Waals surface area contributed by atoms with Gasteiger partial charge in [0.15, 0.2) is 0 Å². The van der Waals surface area contributed by atoms with Crippen LogP contribution in [0, 0.1) is 6.92 Å². The van der Waals surface area contributed by atoms with E-state index in [1.54, 1.807) is 36.0 Å². The van der Waals surface area contributed by atoms with Gasteiger partial charge >= 0.3 is 0 Å². The van der Waals surface area contributed by atoms with Crippen LogP contribution in [0.2, 0.25) is 0 Å². The number of allylic oxidation sites excluding steroid dienone is 2. The molecule has 0 atom stereocenters. The van der Waals surface area contributed by atoms with Crippen molar-refractivity contribution in [1.29, 1.82) is 0 Å². The number of aromatic nitrogens is 6. The topological polar surface area (TPSA) is 98.5 Å². The quantitative estimate of drug-likeness (QED) is 0.418. The van der Waals surface area contributed by atoms with Crippen LogP contribution < -0.4 is 11.1 Å². The van der Waals surface area contributed by atoms with Crippen molar-refractivity contribution in [1.82, 2.24) is 29.3 Å². The van der Waals surface area contributed by atoms with Gasteiger partial charge in [-0.2, -0.15) is 4.98 Å². The molecular weight excluding hydrogens is 380 g/mol. The van der Waals surface area contributed by atoms with E-state index in [0.717, 1.165) is 19.3 Å². The monoisotopic (exact) mass is 402 g/mol. The molecule has 0 radical (unpaired) electrons. The third-order valence-corrected chi connectivity index (χ3v) is 5.68. The molecule has 1 N–H and O–H groups in total. The molecule has 0 amide bonds. The molecule has 0 fully saturated rings. The summed E-state index contributed by atoms with van der Waals surface area (Å²) >= 11 is 0. The Morgan fingerprint density at radius 3 is 2.57 bits per heavy atom. The lowest BCUT2D eigenvalue weighted by Crippen LogP contribution is -2.22. The SMILES string of the molecule is Cc1nc(-n2ccc3nc4ccn(CCC5=CCCCC5)c(=O)c4cc3c2=O)n[nH]1. The second-order valence-corrected chi connectivity index (χ2v) is 7.74. The summed E-state index contributed by atoms with van der Waals surface area (Å²) < 4.78 is 3.07. The van der Waals surface area contributed by atoms with Crippen molar-refractivity contribution in [3.63, 3.8) is 0 Å². The first kappa shape index (κ1) is 18.5. The smallest absolute Gasteiger partial charge is 0.267 e. The van der Waals surface area contributed by atoms with Crippen LogP contribution >= 0.6 is 0 Å². The summed E-state index contributed by atoms with van der Waals surface area (Å²) in [6.07, 6.45) is 11.3. The zero-order valence-electron chi connectivity index (χ0n) is 16.8. The molecule has 1 aliphatic rings. The molecule has 152 valence electrons. The second-order valence-electron chi connectivity index (χ2n) is 7.74. The van der Waals surface area contributed by atoms with E-state index in [-0.39, 0.29) is 17.1 Å². The van der Waals surface area contributed by atoms with Gasteiger partial charge in [0.1, 0.15) is 5.82 Å². The van der Waals surface area contributed by atoms with Crippen molar-refractivity contribution in [3.8, 4) is 5.95 Å². The van der Waals surface area contributed by atoms with Crippen LogP contribution in [-0.2, 0) is 6.54 Å². The molecule has 0 aliphatic heterocycles. The Labute approximate surface area is 171 Å². The molecule has 0 aromatic carbocycles. The zero-order chi connectivity index (χ0) is 20.7. The van der Waals surface area contributed by atoms with E-state index in [4.69, 9.17) is 0 Å². The number of fused-ring (bicyclic) bond motifs is 2. The molecule has 4 aromatic heterocycles. The Balaban J connectivity index is 1.58. The Kier molecular flexibility index (Phi) is 4.54. The van der Waals surface area contributed by atoms with Crippen molar-refractivity contribution < 1.29 is 0 Å². The Hall–Kier alpha value is -3.55. The highest BCUT2D eigenvalue weighted by atomic mass is 16.1. The Morgan fingerprint density at radius 1 is 1.03 bits per heavy atom. The standard InChI is InChI=1S/C22H22N6O2/c1-14-23-22(26-25-14)28-12-9-19-17(21(28)30)13-16-18(24-19)8-11-27(20(16)29)10-7-15-5-3-2-4-6-15/h5,8-9,11-13H,2-4,6-7,10H2,1H3,(H,23,25,26). The third-order valence-electron chi connectivity index (χ3n) is 5.68. The van der Waals surface area contributed by atoms with Gasteiger partial charge in [-0.25, -0.2) is 9.55 Å². The predicted molar refractivity (Wildman–Crippen MR) is 115 cm³/mol. The van der Waals surface area contributed by atoms with Crippen molar-refractivity contribution in [3.05, 3.63) is 68.8 Å². The summed E-state index contributed by atoms with van der Waals surface area (Å²) in [6, 6.07) is 5.23. The Morgan fingerprint density at radius 2 is 1.83 bits per heavy atom. The van der Waals surface area contributed by atoms with Crippen molar-refractivity contribution in [2.75, 3.05) is 0 Å². The normalized spacial score (nSPS) is 14.4. The highest BCUT2D eigenvalue weighted by molar-refractivity contribution is 5.91. The van der Waals surface area contributed by atoms with E-state index in [0.29, 0.717) is 34.2 Å². The van der Waals surface area contributed by atoms with Gasteiger partial charge in [0.25, 0.3) is 17.1 Å². The summed E-state index contributed by atoms with van der Waals surface area (Å²) in [5.74, 6) is 0.885. The van der Waals surface area contributed by atoms with E-state index in [9.17, 15) is 9.59 Å². The number of aromatic amines is 1. The van der Waals surface area contributed by atoms with Crippen LogP contribution in [0.5, 0.6) is 0 Å². The van der Waals surface area contributed by atoms with Gasteiger partial charge in [-0.05, 0) is 57.2 Å². The van der Waals surface area contributed by atoms with E-state index in [2.05, 4.69) is 26.2 Å². The summed E-state index contributed by atoms with van der Waals surface area (Å²) in [5, 5.41) is 7.61. The van der Waals surface area contributed by atoms with Crippen LogP contribution in [-0.4, -0.2) is 29.3 Å². The van der Waals surface area contributed by atoms with Crippen LogP contribution in [0.4, 0.5) is 0 Å². The van der Waals surface area contributed by atoms with Crippen molar-refractivity contribution >= 4 is 21.8 Å². The maximum Gasteiger partial charge on any atom is 0.267 e. The highest BCUT2D eigenvalue weighted by Gasteiger charge is 2.13. The molecular formula is C22H22N6O2. The average Bonchev–Trinajstić information content (AvgIpc) is 3.19. The summed E-state index contributed by atoms with van der Waals surface area (Å²) in [6.45, 7) is 2.40. The van der Waals surface area contributed by atoms with Gasteiger partial charge < -0.3 is 4.57 Å². The van der Waals surface area contributed by atoms with E-state index in [1.165, 1.54) is 23.0 Å². The summed E-state index contributed by atoms with van der Waals surface area (Å²) in [7, 11) is 0. The van der Waals surface area contributed by atoms with E-state index >= 15 is 0 Å². The first-order valence-corrected chi connectivity index (χ1v) is 10.2. The number of hydrogen-bond acceptors (Lipinski definition) is 5. The minimum Gasteiger partial charge on any atom is -0.315 e. The van der Waals surface area contributed by atoms with Gasteiger partial charge in [-0.1, -0.05) is 11.6 Å². The van der Waals surface area contributed by atoms with Crippen LogP contribution in [0.15, 0.2) is 51.8 Å². The molecule has 8 nitrogen and oxygen atoms in total. The van der Waals surface area contributed by atoms with Crippen LogP contribution in [0.1, 0.15) is 37.9 Å².